The predicted molar refractivity (Wildman–Crippen MR) is 136 cm³/mol. The molecule has 0 unspecified atom stereocenters. The van der Waals surface area contributed by atoms with E-state index in [9.17, 15) is 9.59 Å². The van der Waals surface area contributed by atoms with Crippen molar-refractivity contribution in [3.63, 3.8) is 0 Å². The van der Waals surface area contributed by atoms with E-state index in [0.29, 0.717) is 22.4 Å². The molecule has 33 heavy (non-hydrogen) atoms. The summed E-state index contributed by atoms with van der Waals surface area (Å²) in [7, 11) is 0. The first kappa shape index (κ1) is 24.7. The second kappa shape index (κ2) is 10.3. The van der Waals surface area contributed by atoms with E-state index < -0.39 is 0 Å². The van der Waals surface area contributed by atoms with Gasteiger partial charge >= 0.3 is 0 Å². The van der Waals surface area contributed by atoms with Gasteiger partial charge in [-0.3, -0.25) is 9.59 Å². The zero-order valence-corrected chi connectivity index (χ0v) is 21.4. The fourth-order valence-corrected chi connectivity index (χ4v) is 3.96. The van der Waals surface area contributed by atoms with Crippen LogP contribution in [-0.2, 0) is 10.2 Å². The van der Waals surface area contributed by atoms with Crippen molar-refractivity contribution in [2.75, 3.05) is 18.4 Å². The number of halogens is 1. The Balaban J connectivity index is 1.88. The Morgan fingerprint density at radius 1 is 1.09 bits per heavy atom. The zero-order valence-electron chi connectivity index (χ0n) is 19.9. The number of anilines is 1. The van der Waals surface area contributed by atoms with Gasteiger partial charge in [-0.2, -0.15) is 5.10 Å². The highest BCUT2D eigenvalue weighted by atomic mass is 79.9. The second-order valence-electron chi connectivity index (χ2n) is 9.12. The van der Waals surface area contributed by atoms with E-state index in [1.165, 1.54) is 0 Å². The molecule has 0 bridgehead atoms. The highest BCUT2D eigenvalue weighted by Gasteiger charge is 2.24. The van der Waals surface area contributed by atoms with Crippen LogP contribution >= 0.6 is 15.9 Å². The van der Waals surface area contributed by atoms with Gasteiger partial charge in [0.15, 0.2) is 0 Å². The maximum absolute atomic E-state index is 13.1. The van der Waals surface area contributed by atoms with Gasteiger partial charge in [0.1, 0.15) is 12.4 Å². The lowest BCUT2D eigenvalue weighted by Gasteiger charge is -2.22. The molecule has 0 saturated heterocycles. The summed E-state index contributed by atoms with van der Waals surface area (Å²) in [6, 6.07) is 17.1. The summed E-state index contributed by atoms with van der Waals surface area (Å²) >= 11 is 3.44. The Labute approximate surface area is 204 Å². The molecule has 174 valence electrons. The molecule has 3 rings (SSSR count). The molecule has 0 spiro atoms. The molecule has 0 aliphatic heterocycles. The van der Waals surface area contributed by atoms with E-state index in [1.54, 1.807) is 15.6 Å². The SMILES string of the molecule is CCCN(CC(=O)Nc1cc(C(C)(C)C)nn1-c1ccccc1C)C(=O)c1ccccc1Br. The van der Waals surface area contributed by atoms with Gasteiger partial charge in [0.2, 0.25) is 5.91 Å². The Morgan fingerprint density at radius 3 is 2.39 bits per heavy atom. The Morgan fingerprint density at radius 2 is 1.76 bits per heavy atom. The van der Waals surface area contributed by atoms with Crippen molar-refractivity contribution in [2.24, 2.45) is 0 Å². The largest absolute Gasteiger partial charge is 0.329 e. The van der Waals surface area contributed by atoms with E-state index in [2.05, 4.69) is 42.0 Å². The lowest BCUT2D eigenvalue weighted by Crippen LogP contribution is -2.39. The van der Waals surface area contributed by atoms with Gasteiger partial charge in [0.05, 0.1) is 16.9 Å². The fraction of sp³-hybridized carbons (Fsp3) is 0.346. The molecular formula is C26H31BrN4O2. The zero-order chi connectivity index (χ0) is 24.2. The van der Waals surface area contributed by atoms with Gasteiger partial charge in [0, 0.05) is 22.5 Å². The Kier molecular flexibility index (Phi) is 7.74. The summed E-state index contributed by atoms with van der Waals surface area (Å²) in [5.74, 6) is 0.144. The minimum absolute atomic E-state index is 0.0438. The third kappa shape index (κ3) is 5.90. The Hall–Kier alpha value is -2.93. The number of nitrogens with zero attached hydrogens (tertiary/aromatic N) is 3. The van der Waals surface area contributed by atoms with E-state index in [1.807, 2.05) is 62.4 Å². The molecule has 0 radical (unpaired) electrons. The number of hydrogen-bond donors (Lipinski definition) is 1. The van der Waals surface area contributed by atoms with Crippen LogP contribution in [0.15, 0.2) is 59.1 Å². The van der Waals surface area contributed by atoms with E-state index in [-0.39, 0.29) is 23.8 Å². The normalized spacial score (nSPS) is 11.3. The number of aromatic nitrogens is 2. The van der Waals surface area contributed by atoms with Crippen molar-refractivity contribution >= 4 is 33.6 Å². The lowest BCUT2D eigenvalue weighted by atomic mass is 9.92. The highest BCUT2D eigenvalue weighted by Crippen LogP contribution is 2.27. The van der Waals surface area contributed by atoms with Crippen LogP contribution in [-0.4, -0.2) is 39.6 Å². The fourth-order valence-electron chi connectivity index (χ4n) is 3.50. The van der Waals surface area contributed by atoms with Gasteiger partial charge in [-0.05, 0) is 53.0 Å². The van der Waals surface area contributed by atoms with Crippen LogP contribution in [0.25, 0.3) is 5.69 Å². The van der Waals surface area contributed by atoms with Gasteiger partial charge in [0.25, 0.3) is 5.91 Å². The van der Waals surface area contributed by atoms with Crippen LogP contribution < -0.4 is 5.32 Å². The number of nitrogens with one attached hydrogen (secondary N) is 1. The summed E-state index contributed by atoms with van der Waals surface area (Å²) < 4.78 is 2.48. The minimum Gasteiger partial charge on any atom is -0.329 e. The minimum atomic E-state index is -0.265. The predicted octanol–water partition coefficient (Wildman–Crippen LogP) is 5.73. The standard InChI is InChI=1S/C26H31BrN4O2/c1-6-15-30(25(33)19-12-8-9-13-20(19)27)17-24(32)28-23-16-22(26(3,4)5)29-31(23)21-14-10-7-11-18(21)2/h7-14,16H,6,15,17H2,1-5H3,(H,28,32). The third-order valence-electron chi connectivity index (χ3n) is 5.31. The number of rotatable bonds is 7. The number of hydrogen-bond acceptors (Lipinski definition) is 3. The number of para-hydroxylation sites is 1. The van der Waals surface area contributed by atoms with Crippen molar-refractivity contribution in [1.29, 1.82) is 0 Å². The summed E-state index contributed by atoms with van der Waals surface area (Å²) in [4.78, 5) is 27.8. The Bertz CT molecular complexity index is 1150. The lowest BCUT2D eigenvalue weighted by molar-refractivity contribution is -0.116. The summed E-state index contributed by atoms with van der Waals surface area (Å²) in [6.45, 7) is 10.7. The van der Waals surface area contributed by atoms with Crippen molar-refractivity contribution in [3.8, 4) is 5.69 Å². The quantitative estimate of drug-likeness (QED) is 0.441. The van der Waals surface area contributed by atoms with Crippen molar-refractivity contribution in [1.82, 2.24) is 14.7 Å². The van der Waals surface area contributed by atoms with Crippen molar-refractivity contribution in [3.05, 3.63) is 75.9 Å². The molecule has 0 atom stereocenters. The summed E-state index contributed by atoms with van der Waals surface area (Å²) in [5, 5.41) is 7.79. The monoisotopic (exact) mass is 510 g/mol. The number of aryl methyl sites for hydroxylation is 1. The van der Waals surface area contributed by atoms with Crippen LogP contribution in [0.5, 0.6) is 0 Å². The first-order valence-electron chi connectivity index (χ1n) is 11.1. The number of carbonyl (C=O) groups is 2. The second-order valence-corrected chi connectivity index (χ2v) is 9.97. The molecule has 7 heteroatoms. The molecule has 0 saturated carbocycles. The topological polar surface area (TPSA) is 67.2 Å². The smallest absolute Gasteiger partial charge is 0.255 e. The molecule has 0 aliphatic rings. The molecule has 1 heterocycles. The number of amides is 2. The van der Waals surface area contributed by atoms with Gasteiger partial charge in [-0.15, -0.1) is 0 Å². The highest BCUT2D eigenvalue weighted by molar-refractivity contribution is 9.10. The van der Waals surface area contributed by atoms with E-state index in [4.69, 9.17) is 5.10 Å². The first-order chi connectivity index (χ1) is 15.6. The van der Waals surface area contributed by atoms with E-state index >= 15 is 0 Å². The molecule has 6 nitrogen and oxygen atoms in total. The van der Waals surface area contributed by atoms with E-state index in [0.717, 1.165) is 23.4 Å². The van der Waals surface area contributed by atoms with Gasteiger partial charge < -0.3 is 10.2 Å². The molecule has 0 aliphatic carbocycles. The average Bonchev–Trinajstić information content (AvgIpc) is 3.17. The number of carbonyl (C=O) groups excluding carboxylic acids is 2. The first-order valence-corrected chi connectivity index (χ1v) is 11.9. The summed E-state index contributed by atoms with van der Waals surface area (Å²) in [5.41, 5.74) is 3.18. The molecule has 2 aromatic carbocycles. The molecule has 2 amide bonds. The van der Waals surface area contributed by atoms with Crippen LogP contribution in [0.2, 0.25) is 0 Å². The molecular weight excluding hydrogens is 480 g/mol. The maximum atomic E-state index is 13.1. The van der Waals surface area contributed by atoms with Crippen molar-refractivity contribution in [2.45, 2.75) is 46.5 Å². The van der Waals surface area contributed by atoms with Crippen LogP contribution in [0.4, 0.5) is 5.82 Å². The van der Waals surface area contributed by atoms with Crippen LogP contribution in [0, 0.1) is 6.92 Å². The number of benzene rings is 2. The van der Waals surface area contributed by atoms with Gasteiger partial charge in [-0.25, -0.2) is 4.68 Å². The molecule has 1 N–H and O–H groups in total. The summed E-state index contributed by atoms with van der Waals surface area (Å²) in [6.07, 6.45) is 0.749. The average molecular weight is 511 g/mol. The maximum Gasteiger partial charge on any atom is 0.255 e. The van der Waals surface area contributed by atoms with Crippen LogP contribution in [0.1, 0.15) is 55.7 Å². The van der Waals surface area contributed by atoms with Gasteiger partial charge in [-0.1, -0.05) is 58.0 Å². The third-order valence-corrected chi connectivity index (χ3v) is 6.00. The van der Waals surface area contributed by atoms with Crippen LogP contribution in [0.3, 0.4) is 0 Å². The molecule has 0 fully saturated rings. The molecule has 3 aromatic rings. The molecule has 1 aromatic heterocycles. The van der Waals surface area contributed by atoms with Crippen molar-refractivity contribution < 1.29 is 9.59 Å².